The van der Waals surface area contributed by atoms with E-state index in [0.717, 1.165) is 5.56 Å². The molecule has 0 aliphatic carbocycles. The van der Waals surface area contributed by atoms with E-state index in [1.165, 1.54) is 0 Å². The fraction of sp³-hybridized carbons (Fsp3) is 0.250. The van der Waals surface area contributed by atoms with Crippen LogP contribution in [0.25, 0.3) is 0 Å². The Bertz CT molecular complexity index is 893. The van der Waals surface area contributed by atoms with E-state index in [2.05, 4.69) is 0 Å². The third-order valence-corrected chi connectivity index (χ3v) is 7.22. The molecule has 0 bridgehead atoms. The van der Waals surface area contributed by atoms with Crippen molar-refractivity contribution in [2.24, 2.45) is 0 Å². The number of rotatable bonds is 8. The van der Waals surface area contributed by atoms with E-state index in [-0.39, 0.29) is 12.8 Å². The summed E-state index contributed by atoms with van der Waals surface area (Å²) in [4.78, 5) is 19.5. The van der Waals surface area contributed by atoms with Crippen molar-refractivity contribution in [3.05, 3.63) is 59.1 Å². The molecular weight excluding hydrogens is 403 g/mol. The van der Waals surface area contributed by atoms with Crippen LogP contribution in [0, 0.1) is 0 Å². The molecule has 1 atom stereocenters. The molecular formula is C16H15ClO7PS-3. The lowest BCUT2D eigenvalue weighted by Crippen LogP contribution is -2.32. The summed E-state index contributed by atoms with van der Waals surface area (Å²) in [5.74, 6) is 1.10. The van der Waals surface area contributed by atoms with Gasteiger partial charge in [-0.2, -0.15) is 0 Å². The summed E-state index contributed by atoms with van der Waals surface area (Å²) in [5.41, 5.74) is 0.741. The highest BCUT2D eigenvalue weighted by molar-refractivity contribution is 7.93. The molecule has 2 rings (SSSR count). The highest BCUT2D eigenvalue weighted by atomic mass is 35.5. The molecule has 0 radical (unpaired) electrons. The van der Waals surface area contributed by atoms with E-state index >= 15 is 0 Å². The van der Waals surface area contributed by atoms with Crippen molar-refractivity contribution in [2.45, 2.75) is 24.3 Å². The van der Waals surface area contributed by atoms with E-state index in [1.807, 2.05) is 0 Å². The van der Waals surface area contributed by atoms with Gasteiger partial charge in [0.05, 0.1) is 4.99 Å². The van der Waals surface area contributed by atoms with Gasteiger partial charge < -0.3 is 23.6 Å². The Morgan fingerprint density at radius 2 is 1.73 bits per heavy atom. The van der Waals surface area contributed by atoms with Crippen molar-refractivity contribution < 1.29 is 32.1 Å². The van der Waals surface area contributed by atoms with Gasteiger partial charge in [0, 0.05) is 5.02 Å². The van der Waals surface area contributed by atoms with Gasteiger partial charge in [0.15, 0.2) is 0 Å². The fourth-order valence-electron chi connectivity index (χ4n) is 2.34. The number of hydrogen-bond donors (Lipinski definition) is 0. The smallest absolute Gasteiger partial charge is 0.127 e. The van der Waals surface area contributed by atoms with Crippen LogP contribution in [0.1, 0.15) is 18.4 Å². The number of halogens is 1. The van der Waals surface area contributed by atoms with Crippen LogP contribution in [0.3, 0.4) is 0 Å². The van der Waals surface area contributed by atoms with Crippen molar-refractivity contribution in [1.29, 1.82) is 0 Å². The minimum absolute atomic E-state index is 0.0466. The Hall–Kier alpha value is -1.41. The molecule has 0 N–H and O–H groups in total. The molecule has 7 nitrogen and oxygen atoms in total. The standard InChI is InChI=1S/C16H18ClO7PS/c17-13-7-9-14(10-8-13)24-15-5-1-3-12(11-15)4-2-6-16(25(18,19)20)26(21,22)23/h1,3,5,7-11,16H,2,4,6H2,(H2,18,19,20)(H,21,22,23)/p-3. The molecule has 142 valence electrons. The average Bonchev–Trinajstić information content (AvgIpc) is 2.52. The first-order chi connectivity index (χ1) is 12.1. The predicted molar refractivity (Wildman–Crippen MR) is 92.0 cm³/mol. The molecule has 0 amide bonds. The zero-order valence-corrected chi connectivity index (χ0v) is 15.9. The summed E-state index contributed by atoms with van der Waals surface area (Å²) >= 11 is 5.80. The Morgan fingerprint density at radius 1 is 1.08 bits per heavy atom. The van der Waals surface area contributed by atoms with E-state index in [0.29, 0.717) is 16.5 Å². The quantitative estimate of drug-likeness (QED) is 0.475. The maximum Gasteiger partial charge on any atom is 0.127 e. The zero-order chi connectivity index (χ0) is 19.4. The highest BCUT2D eigenvalue weighted by Crippen LogP contribution is 2.38. The normalized spacial score (nSPS) is 13.4. The van der Waals surface area contributed by atoms with Gasteiger partial charge in [-0.15, -0.1) is 0 Å². The second-order valence-electron chi connectivity index (χ2n) is 5.58. The van der Waals surface area contributed by atoms with E-state index in [9.17, 15) is 27.3 Å². The van der Waals surface area contributed by atoms with Crippen molar-refractivity contribution in [2.75, 3.05) is 0 Å². The maximum absolute atomic E-state index is 11.0. The second kappa shape index (κ2) is 8.52. The van der Waals surface area contributed by atoms with Crippen LogP contribution in [0.2, 0.25) is 5.02 Å². The van der Waals surface area contributed by atoms with Gasteiger partial charge in [0.1, 0.15) is 21.6 Å². The monoisotopic (exact) mass is 417 g/mol. The molecule has 0 fully saturated rings. The van der Waals surface area contributed by atoms with Crippen LogP contribution >= 0.6 is 19.2 Å². The SMILES string of the molecule is O=P([O-])([O-])C(CCCc1cccc(Oc2ccc(Cl)cc2)c1)S(=O)(=O)[O-]. The van der Waals surface area contributed by atoms with Crippen LogP contribution in [0.4, 0.5) is 0 Å². The fourth-order valence-corrected chi connectivity index (χ4v) is 4.69. The number of benzene rings is 2. The molecule has 0 aliphatic rings. The van der Waals surface area contributed by atoms with Gasteiger partial charge in [0.2, 0.25) is 0 Å². The number of aryl methyl sites for hydroxylation is 1. The van der Waals surface area contributed by atoms with Crippen molar-refractivity contribution >= 4 is 29.3 Å². The minimum atomic E-state index is -5.51. The predicted octanol–water partition coefficient (Wildman–Crippen LogP) is 2.24. The Kier molecular flexibility index (Phi) is 6.85. The first kappa shape index (κ1) is 20.9. The van der Waals surface area contributed by atoms with Crippen molar-refractivity contribution in [3.63, 3.8) is 0 Å². The third kappa shape index (κ3) is 6.39. The van der Waals surface area contributed by atoms with Gasteiger partial charge in [-0.3, -0.25) is 0 Å². The molecule has 0 aliphatic heterocycles. The molecule has 2 aromatic rings. The van der Waals surface area contributed by atoms with Crippen LogP contribution in [-0.2, 0) is 21.1 Å². The van der Waals surface area contributed by atoms with Gasteiger partial charge in [-0.1, -0.05) is 31.3 Å². The number of hydrogen-bond acceptors (Lipinski definition) is 7. The largest absolute Gasteiger partial charge is 0.810 e. The lowest BCUT2D eigenvalue weighted by molar-refractivity contribution is -0.314. The van der Waals surface area contributed by atoms with E-state index in [4.69, 9.17) is 16.3 Å². The lowest BCUT2D eigenvalue weighted by atomic mass is 10.1. The lowest BCUT2D eigenvalue weighted by Gasteiger charge is -2.39. The van der Waals surface area contributed by atoms with Crippen LogP contribution < -0.4 is 14.5 Å². The molecule has 2 aromatic carbocycles. The summed E-state index contributed by atoms with van der Waals surface area (Å²) in [6.45, 7) is 0. The van der Waals surface area contributed by atoms with Gasteiger partial charge in [0.25, 0.3) is 0 Å². The zero-order valence-electron chi connectivity index (χ0n) is 13.4. The molecule has 1 unspecified atom stereocenters. The second-order valence-corrected chi connectivity index (χ2v) is 9.63. The molecule has 0 saturated carbocycles. The van der Waals surface area contributed by atoms with Gasteiger partial charge in [-0.25, -0.2) is 8.42 Å². The number of ether oxygens (including phenoxy) is 1. The van der Waals surface area contributed by atoms with Crippen LogP contribution in [0.5, 0.6) is 11.5 Å². The topological polar surface area (TPSA) is 130 Å². The maximum atomic E-state index is 11.0. The summed E-state index contributed by atoms with van der Waals surface area (Å²) in [5, 5.41) is 0.572. The van der Waals surface area contributed by atoms with Gasteiger partial charge >= 0.3 is 0 Å². The average molecular weight is 418 g/mol. The highest BCUT2D eigenvalue weighted by Gasteiger charge is 2.20. The molecule has 0 aromatic heterocycles. The van der Waals surface area contributed by atoms with E-state index < -0.39 is 29.1 Å². The summed E-state index contributed by atoms with van der Waals surface area (Å²) < 4.78 is 49.5. The summed E-state index contributed by atoms with van der Waals surface area (Å²) in [6.07, 6.45) is -0.215. The first-order valence-corrected chi connectivity index (χ1v) is 11.0. The van der Waals surface area contributed by atoms with Crippen molar-refractivity contribution in [3.8, 4) is 11.5 Å². The first-order valence-electron chi connectivity index (χ1n) is 7.54. The summed E-state index contributed by atoms with van der Waals surface area (Å²) in [7, 11) is -10.7. The summed E-state index contributed by atoms with van der Waals surface area (Å²) in [6, 6.07) is 13.6. The molecule has 26 heavy (non-hydrogen) atoms. The molecule has 0 heterocycles. The van der Waals surface area contributed by atoms with Crippen molar-refractivity contribution in [1.82, 2.24) is 0 Å². The molecule has 0 saturated heterocycles. The Morgan fingerprint density at radius 3 is 2.31 bits per heavy atom. The van der Waals surface area contributed by atoms with Crippen LogP contribution in [-0.4, -0.2) is 18.0 Å². The van der Waals surface area contributed by atoms with Crippen LogP contribution in [0.15, 0.2) is 48.5 Å². The Balaban J connectivity index is 2.00. The molecule has 10 heteroatoms. The van der Waals surface area contributed by atoms with Gasteiger partial charge in [-0.05, 0) is 61.2 Å². The third-order valence-electron chi connectivity index (χ3n) is 3.55. The molecule has 0 spiro atoms. The Labute approximate surface area is 156 Å². The minimum Gasteiger partial charge on any atom is -0.810 e. The van der Waals surface area contributed by atoms with E-state index in [1.54, 1.807) is 48.5 Å².